The summed E-state index contributed by atoms with van der Waals surface area (Å²) < 4.78 is 16.5. The summed E-state index contributed by atoms with van der Waals surface area (Å²) in [7, 11) is 0. The Labute approximate surface area is 517 Å². The summed E-state index contributed by atoms with van der Waals surface area (Å²) in [5.74, 6) is -1.30. The van der Waals surface area contributed by atoms with Crippen molar-refractivity contribution in [1.82, 2.24) is 36.6 Å². The molecule has 0 aromatic carbocycles. The fraction of sp³-hybridized carbons (Fsp3) is 0.726. The van der Waals surface area contributed by atoms with E-state index in [1.807, 2.05) is 11.8 Å². The van der Waals surface area contributed by atoms with E-state index in [1.165, 1.54) is 32.9 Å². The number of hydrogen-bond donors (Lipinski definition) is 6. The second kappa shape index (κ2) is 46.0. The van der Waals surface area contributed by atoms with Gasteiger partial charge in [0.05, 0.1) is 63.1 Å². The Hall–Kier alpha value is -6.18. The molecule has 0 radical (unpaired) electrons. The molecular formula is C62H98N8O16S. The van der Waals surface area contributed by atoms with Gasteiger partial charge in [-0.1, -0.05) is 45.4 Å². The van der Waals surface area contributed by atoms with Crippen molar-refractivity contribution in [3.63, 3.8) is 0 Å². The Bertz CT molecular complexity index is 2310. The van der Waals surface area contributed by atoms with E-state index < -0.39 is 23.8 Å². The van der Waals surface area contributed by atoms with Gasteiger partial charge in [-0.3, -0.25) is 47.9 Å². The quantitative estimate of drug-likeness (QED) is 0.0225. The fourth-order valence-electron chi connectivity index (χ4n) is 9.52. The third-order valence-corrected chi connectivity index (χ3v) is 16.1. The van der Waals surface area contributed by atoms with E-state index in [-0.39, 0.29) is 123 Å². The molecule has 488 valence electrons. The van der Waals surface area contributed by atoms with Gasteiger partial charge in [0.1, 0.15) is 29.0 Å². The Balaban J connectivity index is 0.000000536. The molecule has 3 saturated heterocycles. The van der Waals surface area contributed by atoms with Crippen LogP contribution in [0.25, 0.3) is 0 Å². The van der Waals surface area contributed by atoms with Crippen LogP contribution in [0.2, 0.25) is 0 Å². The molecule has 0 aliphatic carbocycles. The normalized spacial score (nSPS) is 16.2. The van der Waals surface area contributed by atoms with Crippen LogP contribution in [0.3, 0.4) is 0 Å². The van der Waals surface area contributed by atoms with Crippen molar-refractivity contribution >= 4 is 88.0 Å². The van der Waals surface area contributed by atoms with Gasteiger partial charge in [0.25, 0.3) is 17.7 Å². The Morgan fingerprint density at radius 3 is 1.82 bits per heavy atom. The third-order valence-electron chi connectivity index (χ3n) is 14.6. The van der Waals surface area contributed by atoms with Gasteiger partial charge in [-0.2, -0.15) is 11.8 Å². The number of hydrogen-bond acceptors (Lipinski definition) is 19. The summed E-state index contributed by atoms with van der Waals surface area (Å²) in [4.78, 5) is 151. The standard InChI is InChI=1S/C39H56N6O11.C23H42N2O5S/c1-27(46)25-42-33-18-15-29(26-43-33)39(55)41-24-10-13-31(49)16-17-32(28(2)47)44-35(51)14-8-4-3-6-11-30(48)12-7-5-9-23-40-34(50)19-22-38(54)56-45-36(52)20-21-37(45)53;1-2-3-7-12-28-14-16-30-17-15-29-13-8-6-10-19(26)9-4-5-11-21-22-20(18-31-21)24-23(27)25-22/h15,18,26,32H,3-14,16-17,19-25H2,1-2H3,(H,40,50)(H,41,55)(H,42,43)(H,44,51);20-22H,2-18H2,1H3,(H2,24,25,27)/t32-;20-,21-,22-/m00/s1. The number of anilines is 1. The molecule has 4 heterocycles. The second-order valence-electron chi connectivity index (χ2n) is 22.2. The van der Waals surface area contributed by atoms with Gasteiger partial charge in [0.15, 0.2) is 5.78 Å². The molecule has 1 aromatic rings. The number of carbonyl (C=O) groups excluding carboxylic acids is 12. The number of thioether (sulfide) groups is 1. The van der Waals surface area contributed by atoms with Crippen molar-refractivity contribution in [2.75, 3.05) is 70.3 Å². The van der Waals surface area contributed by atoms with Gasteiger partial charge < -0.3 is 50.9 Å². The number of Topliss-reactive ketones (excluding diaryl/α,β-unsaturated/α-hetero) is 5. The maximum absolute atomic E-state index is 12.5. The molecule has 24 nitrogen and oxygen atoms in total. The highest BCUT2D eigenvalue weighted by atomic mass is 32.2. The zero-order valence-electron chi connectivity index (χ0n) is 51.7. The second-order valence-corrected chi connectivity index (χ2v) is 23.5. The van der Waals surface area contributed by atoms with Gasteiger partial charge in [0.2, 0.25) is 11.8 Å². The number of carbonyl (C=O) groups is 12. The molecule has 3 fully saturated rings. The summed E-state index contributed by atoms with van der Waals surface area (Å²) in [6.07, 6.45) is 17.8. The molecule has 1 aromatic heterocycles. The van der Waals surface area contributed by atoms with E-state index in [0.717, 1.165) is 70.1 Å². The number of urea groups is 1. The number of imide groups is 1. The highest BCUT2D eigenvalue weighted by Gasteiger charge is 2.42. The molecule has 4 rings (SSSR count). The summed E-state index contributed by atoms with van der Waals surface area (Å²) in [6, 6.07) is 2.95. The van der Waals surface area contributed by atoms with E-state index in [0.29, 0.717) is 125 Å². The van der Waals surface area contributed by atoms with E-state index in [1.54, 1.807) is 12.1 Å². The van der Waals surface area contributed by atoms with Crippen LogP contribution < -0.4 is 31.9 Å². The fourth-order valence-corrected chi connectivity index (χ4v) is 11.1. The number of unbranched alkanes of at least 4 members (excludes halogenated alkanes) is 9. The van der Waals surface area contributed by atoms with Gasteiger partial charge >= 0.3 is 12.0 Å². The number of ketones is 5. The number of rotatable bonds is 50. The molecule has 3 aliphatic heterocycles. The molecule has 25 heteroatoms. The predicted molar refractivity (Wildman–Crippen MR) is 327 cm³/mol. The van der Waals surface area contributed by atoms with Crippen LogP contribution in [0.4, 0.5) is 10.6 Å². The Morgan fingerprint density at radius 1 is 0.621 bits per heavy atom. The van der Waals surface area contributed by atoms with Crippen LogP contribution in [0.5, 0.6) is 0 Å². The number of nitrogens with one attached hydrogen (secondary N) is 6. The van der Waals surface area contributed by atoms with Crippen LogP contribution >= 0.6 is 11.8 Å². The maximum Gasteiger partial charge on any atom is 0.333 e. The molecule has 87 heavy (non-hydrogen) atoms. The zero-order valence-corrected chi connectivity index (χ0v) is 52.6. The Morgan fingerprint density at radius 2 is 1.20 bits per heavy atom. The Kier molecular flexibility index (Phi) is 39.7. The number of hydroxylamine groups is 2. The number of amides is 7. The number of pyridine rings is 1. The van der Waals surface area contributed by atoms with Crippen LogP contribution in [-0.4, -0.2) is 169 Å². The van der Waals surface area contributed by atoms with Gasteiger partial charge in [0, 0.05) is 108 Å². The van der Waals surface area contributed by atoms with Crippen LogP contribution in [0.15, 0.2) is 18.3 Å². The summed E-state index contributed by atoms with van der Waals surface area (Å²) in [6.45, 7) is 9.81. The smallest absolute Gasteiger partial charge is 0.333 e. The first-order valence-corrected chi connectivity index (χ1v) is 32.6. The summed E-state index contributed by atoms with van der Waals surface area (Å²) in [5.41, 5.74) is 0.348. The van der Waals surface area contributed by atoms with Crippen LogP contribution in [0.1, 0.15) is 211 Å². The lowest BCUT2D eigenvalue weighted by Gasteiger charge is -2.16. The van der Waals surface area contributed by atoms with Crippen molar-refractivity contribution in [2.45, 2.75) is 224 Å². The molecular weight excluding hydrogens is 1140 g/mol. The SMILES string of the molecule is CC(=O)CNc1ccc(C(=O)NCCCC(=O)CC[C@H](NC(=O)CCCCCCC(=O)CCCCCNC(=O)CCC(=O)ON2C(=O)CCC2=O)C(C)=O)cn1.CCCCCOCCOCCOCCCCC(=O)CCCC[C@@H]1SC[C@@H]2NC(=O)N[C@@H]21. The van der Waals surface area contributed by atoms with Crippen molar-refractivity contribution in [3.05, 3.63) is 23.9 Å². The molecule has 0 saturated carbocycles. The van der Waals surface area contributed by atoms with E-state index in [4.69, 9.17) is 19.0 Å². The minimum atomic E-state index is -0.830. The average Bonchev–Trinajstić information content (AvgIpc) is 2.70. The number of fused-ring (bicyclic) bond motifs is 1. The molecule has 7 amide bonds. The zero-order chi connectivity index (χ0) is 63.4. The lowest BCUT2D eigenvalue weighted by atomic mass is 10.0. The van der Waals surface area contributed by atoms with E-state index >= 15 is 0 Å². The molecule has 0 bridgehead atoms. The maximum atomic E-state index is 12.5. The van der Waals surface area contributed by atoms with E-state index in [9.17, 15) is 57.5 Å². The summed E-state index contributed by atoms with van der Waals surface area (Å²) in [5, 5.41) is 17.9. The average molecular weight is 1240 g/mol. The predicted octanol–water partition coefficient (Wildman–Crippen LogP) is 6.68. The van der Waals surface area contributed by atoms with Crippen LogP contribution in [-0.2, 0) is 67.0 Å². The third kappa shape index (κ3) is 35.4. The largest absolute Gasteiger partial charge is 0.379 e. The highest BCUT2D eigenvalue weighted by molar-refractivity contribution is 8.00. The molecule has 4 atom stereocenters. The minimum absolute atomic E-state index is 0.00247. The molecule has 0 unspecified atom stereocenters. The van der Waals surface area contributed by atoms with E-state index in [2.05, 4.69) is 43.8 Å². The first-order valence-electron chi connectivity index (χ1n) is 31.5. The van der Waals surface area contributed by atoms with Crippen molar-refractivity contribution in [1.29, 1.82) is 0 Å². The van der Waals surface area contributed by atoms with Gasteiger partial charge in [-0.15, -0.1) is 5.06 Å². The van der Waals surface area contributed by atoms with Gasteiger partial charge in [-0.25, -0.2) is 14.6 Å². The van der Waals surface area contributed by atoms with Crippen molar-refractivity contribution < 1.29 is 76.6 Å². The first kappa shape index (κ1) is 75.1. The number of ether oxygens (including phenoxy) is 3. The molecule has 6 N–H and O–H groups in total. The lowest BCUT2D eigenvalue weighted by molar-refractivity contribution is -0.197. The topological polar surface area (TPSA) is 330 Å². The first-order chi connectivity index (χ1) is 41.9. The van der Waals surface area contributed by atoms with Crippen molar-refractivity contribution in [2.24, 2.45) is 0 Å². The highest BCUT2D eigenvalue weighted by Crippen LogP contribution is 2.33. The molecule has 0 spiro atoms. The number of nitrogens with zero attached hydrogens (tertiary/aromatic N) is 2. The minimum Gasteiger partial charge on any atom is -0.379 e. The molecule has 3 aliphatic rings. The van der Waals surface area contributed by atoms with Gasteiger partial charge in [-0.05, 0) is 96.6 Å². The lowest BCUT2D eigenvalue weighted by Crippen LogP contribution is -2.40. The van der Waals surface area contributed by atoms with Crippen LogP contribution in [0, 0.1) is 0 Å². The van der Waals surface area contributed by atoms with Crippen molar-refractivity contribution in [3.8, 4) is 0 Å². The summed E-state index contributed by atoms with van der Waals surface area (Å²) >= 11 is 1.94. The number of aromatic nitrogens is 1. The monoisotopic (exact) mass is 1240 g/mol.